The monoisotopic (exact) mass is 337 g/mol. The van der Waals surface area contributed by atoms with Gasteiger partial charge in [0.25, 0.3) is 5.91 Å². The van der Waals surface area contributed by atoms with Crippen LogP contribution < -0.4 is 5.32 Å². The number of halogens is 1. The molecule has 0 heterocycles. The van der Waals surface area contributed by atoms with Crippen molar-refractivity contribution in [3.05, 3.63) is 40.9 Å². The summed E-state index contributed by atoms with van der Waals surface area (Å²) >= 11 is 3.32. The zero-order valence-electron chi connectivity index (χ0n) is 11.0. The zero-order chi connectivity index (χ0) is 14.4. The number of allylic oxidation sites excluding steroid dienone is 2. The fourth-order valence-electron chi connectivity index (χ4n) is 2.01. The quantitative estimate of drug-likeness (QED) is 0.662. The molecule has 20 heavy (non-hydrogen) atoms. The van der Waals surface area contributed by atoms with Gasteiger partial charge in [-0.25, -0.2) is 0 Å². The van der Waals surface area contributed by atoms with Gasteiger partial charge in [-0.15, -0.1) is 0 Å². The fourth-order valence-corrected chi connectivity index (χ4v) is 2.28. The highest BCUT2D eigenvalue weighted by molar-refractivity contribution is 9.10. The SMILES string of the molecule is O=C(COC(=O)C[C@@H]1C=CCC1)Nc1ccc(Br)cc1. The lowest BCUT2D eigenvalue weighted by molar-refractivity contribution is -0.147. The minimum absolute atomic E-state index is 0.245. The maximum Gasteiger partial charge on any atom is 0.306 e. The van der Waals surface area contributed by atoms with Crippen molar-refractivity contribution in [1.82, 2.24) is 0 Å². The summed E-state index contributed by atoms with van der Waals surface area (Å²) in [6.07, 6.45) is 6.45. The van der Waals surface area contributed by atoms with E-state index < -0.39 is 0 Å². The van der Waals surface area contributed by atoms with Crippen LogP contribution in [-0.2, 0) is 14.3 Å². The molecule has 106 valence electrons. The molecule has 0 spiro atoms. The first-order valence-corrected chi connectivity index (χ1v) is 7.30. The van der Waals surface area contributed by atoms with E-state index in [-0.39, 0.29) is 24.4 Å². The Hall–Kier alpha value is -1.62. The highest BCUT2D eigenvalue weighted by Gasteiger charge is 2.15. The van der Waals surface area contributed by atoms with Gasteiger partial charge >= 0.3 is 5.97 Å². The van der Waals surface area contributed by atoms with E-state index in [4.69, 9.17) is 4.74 Å². The van der Waals surface area contributed by atoms with Crippen LogP contribution in [0.2, 0.25) is 0 Å². The first kappa shape index (κ1) is 14.8. The number of amides is 1. The van der Waals surface area contributed by atoms with Crippen molar-refractivity contribution in [2.75, 3.05) is 11.9 Å². The van der Waals surface area contributed by atoms with Crippen molar-refractivity contribution < 1.29 is 14.3 Å². The van der Waals surface area contributed by atoms with E-state index in [1.165, 1.54) is 0 Å². The van der Waals surface area contributed by atoms with E-state index in [9.17, 15) is 9.59 Å². The third-order valence-corrected chi connectivity index (χ3v) is 3.56. The van der Waals surface area contributed by atoms with Crippen molar-refractivity contribution in [2.24, 2.45) is 5.92 Å². The Balaban J connectivity index is 1.70. The Morgan fingerprint density at radius 2 is 2.05 bits per heavy atom. The van der Waals surface area contributed by atoms with Gasteiger partial charge in [0, 0.05) is 10.2 Å². The topological polar surface area (TPSA) is 55.4 Å². The third kappa shape index (κ3) is 4.81. The van der Waals surface area contributed by atoms with Gasteiger partial charge in [-0.1, -0.05) is 28.1 Å². The van der Waals surface area contributed by atoms with Gasteiger partial charge in [0.1, 0.15) is 0 Å². The molecule has 0 aliphatic heterocycles. The Kier molecular flexibility index (Phi) is 5.35. The molecule has 1 N–H and O–H groups in total. The Bertz CT molecular complexity index is 510. The summed E-state index contributed by atoms with van der Waals surface area (Å²) in [6.45, 7) is -0.245. The molecule has 1 aliphatic rings. The highest BCUT2D eigenvalue weighted by Crippen LogP contribution is 2.20. The lowest BCUT2D eigenvalue weighted by Gasteiger charge is -2.08. The normalized spacial score (nSPS) is 16.9. The van der Waals surface area contributed by atoms with E-state index in [1.807, 2.05) is 18.2 Å². The Morgan fingerprint density at radius 1 is 1.30 bits per heavy atom. The van der Waals surface area contributed by atoms with E-state index in [1.54, 1.807) is 12.1 Å². The van der Waals surface area contributed by atoms with Crippen LogP contribution in [0, 0.1) is 5.92 Å². The standard InChI is InChI=1S/C15H16BrNO3/c16-12-5-7-13(8-6-12)17-14(18)10-20-15(19)9-11-3-1-2-4-11/h1,3,5-8,11H,2,4,9-10H2,(H,17,18)/t11-/m1/s1. The molecule has 1 aromatic carbocycles. The highest BCUT2D eigenvalue weighted by atomic mass is 79.9. The van der Waals surface area contributed by atoms with E-state index in [0.29, 0.717) is 12.1 Å². The minimum Gasteiger partial charge on any atom is -0.456 e. The van der Waals surface area contributed by atoms with Crippen LogP contribution in [0.4, 0.5) is 5.69 Å². The van der Waals surface area contributed by atoms with Crippen LogP contribution in [0.15, 0.2) is 40.9 Å². The second-order valence-electron chi connectivity index (χ2n) is 4.69. The lowest BCUT2D eigenvalue weighted by Crippen LogP contribution is -2.21. The van der Waals surface area contributed by atoms with Gasteiger partial charge in [0.05, 0.1) is 6.42 Å². The minimum atomic E-state index is -0.331. The summed E-state index contributed by atoms with van der Waals surface area (Å²) < 4.78 is 5.90. The molecule has 4 nitrogen and oxygen atoms in total. The second-order valence-corrected chi connectivity index (χ2v) is 5.60. The number of hydrogen-bond acceptors (Lipinski definition) is 3. The molecule has 0 saturated carbocycles. The molecule has 0 bridgehead atoms. The van der Waals surface area contributed by atoms with Crippen molar-refractivity contribution in [2.45, 2.75) is 19.3 Å². The van der Waals surface area contributed by atoms with Gasteiger partial charge in [-0.2, -0.15) is 0 Å². The number of benzene rings is 1. The molecule has 5 heteroatoms. The third-order valence-electron chi connectivity index (χ3n) is 3.03. The maximum absolute atomic E-state index is 11.6. The number of hydrogen-bond donors (Lipinski definition) is 1. The summed E-state index contributed by atoms with van der Waals surface area (Å²) in [4.78, 5) is 23.2. The molecule has 2 rings (SSSR count). The molecule has 1 amide bonds. The van der Waals surface area contributed by atoms with Crippen LogP contribution in [0.1, 0.15) is 19.3 Å². The predicted octanol–water partition coefficient (Wildman–Crippen LogP) is 3.29. The summed E-state index contributed by atoms with van der Waals surface area (Å²) in [5.41, 5.74) is 0.674. The fraction of sp³-hybridized carbons (Fsp3) is 0.333. The first-order chi connectivity index (χ1) is 9.63. The van der Waals surface area contributed by atoms with Crippen molar-refractivity contribution in [3.63, 3.8) is 0 Å². The van der Waals surface area contributed by atoms with Crippen LogP contribution >= 0.6 is 15.9 Å². The van der Waals surface area contributed by atoms with Crippen LogP contribution in [0.5, 0.6) is 0 Å². The molecular weight excluding hydrogens is 322 g/mol. The molecular formula is C15H16BrNO3. The number of anilines is 1. The van der Waals surface area contributed by atoms with Gasteiger partial charge in [0.2, 0.25) is 0 Å². The molecule has 0 radical (unpaired) electrons. The number of esters is 1. The average molecular weight is 338 g/mol. The molecule has 1 atom stereocenters. The van der Waals surface area contributed by atoms with Crippen molar-refractivity contribution in [1.29, 1.82) is 0 Å². The molecule has 1 aromatic rings. The van der Waals surface area contributed by atoms with E-state index >= 15 is 0 Å². The van der Waals surface area contributed by atoms with Gasteiger partial charge in [-0.05, 0) is 43.0 Å². The van der Waals surface area contributed by atoms with Crippen molar-refractivity contribution >= 4 is 33.5 Å². The Labute approximate surface area is 126 Å². The molecule has 0 aromatic heterocycles. The predicted molar refractivity (Wildman–Crippen MR) is 80.2 cm³/mol. The number of ether oxygens (including phenoxy) is 1. The molecule has 0 unspecified atom stereocenters. The number of nitrogens with one attached hydrogen (secondary N) is 1. The second kappa shape index (κ2) is 7.24. The smallest absolute Gasteiger partial charge is 0.306 e. The van der Waals surface area contributed by atoms with E-state index in [2.05, 4.69) is 27.3 Å². The number of rotatable bonds is 5. The summed E-state index contributed by atoms with van der Waals surface area (Å²) in [7, 11) is 0. The Morgan fingerprint density at radius 3 is 2.70 bits per heavy atom. The summed E-state index contributed by atoms with van der Waals surface area (Å²) in [5, 5.41) is 2.67. The van der Waals surface area contributed by atoms with E-state index in [0.717, 1.165) is 17.3 Å². The first-order valence-electron chi connectivity index (χ1n) is 6.51. The summed E-state index contributed by atoms with van der Waals surface area (Å²) in [5.74, 6) is -0.396. The van der Waals surface area contributed by atoms with Crippen LogP contribution in [-0.4, -0.2) is 18.5 Å². The maximum atomic E-state index is 11.6. The number of carbonyl (C=O) groups is 2. The average Bonchev–Trinajstić information content (AvgIpc) is 2.92. The van der Waals surface area contributed by atoms with Crippen LogP contribution in [0.3, 0.4) is 0 Å². The zero-order valence-corrected chi connectivity index (χ0v) is 12.6. The largest absolute Gasteiger partial charge is 0.456 e. The molecule has 0 fully saturated rings. The molecule has 0 saturated heterocycles. The summed E-state index contributed by atoms with van der Waals surface area (Å²) in [6, 6.07) is 7.20. The van der Waals surface area contributed by atoms with Crippen molar-refractivity contribution in [3.8, 4) is 0 Å². The molecule has 1 aliphatic carbocycles. The van der Waals surface area contributed by atoms with Crippen LogP contribution in [0.25, 0.3) is 0 Å². The lowest BCUT2D eigenvalue weighted by atomic mass is 10.1. The van der Waals surface area contributed by atoms with Gasteiger partial charge in [0.15, 0.2) is 6.61 Å². The van der Waals surface area contributed by atoms with Gasteiger partial charge in [-0.3, -0.25) is 9.59 Å². The number of carbonyl (C=O) groups excluding carboxylic acids is 2. The van der Waals surface area contributed by atoms with Gasteiger partial charge < -0.3 is 10.1 Å².